The van der Waals surface area contributed by atoms with Crippen LogP contribution in [0.1, 0.15) is 22.9 Å². The van der Waals surface area contributed by atoms with Gasteiger partial charge in [-0.25, -0.2) is 9.78 Å². The molecule has 0 bridgehead atoms. The summed E-state index contributed by atoms with van der Waals surface area (Å²) < 4.78 is 48.2. The molecule has 3 rings (SSSR count). The van der Waals surface area contributed by atoms with Crippen molar-refractivity contribution in [3.05, 3.63) is 96.0 Å². The summed E-state index contributed by atoms with van der Waals surface area (Å²) in [5.74, 6) is -0.420. The molecule has 3 aromatic rings. The minimum Gasteiger partial charge on any atom is -0.457 e. The third kappa shape index (κ3) is 5.89. The third-order valence-corrected chi connectivity index (χ3v) is 4.14. The lowest BCUT2D eigenvalue weighted by molar-refractivity contribution is -0.141. The second-order valence-electron chi connectivity index (χ2n) is 6.39. The zero-order valence-corrected chi connectivity index (χ0v) is 16.0. The standard InChI is InChI=1S/C22H17F3N2O4/c1-14(20(28)18-4-2-3-11-26-18)21(29)30-13-15-5-8-17(9-6-15)31-19-10-7-16(12-27-19)22(23,24)25/h2-12,20,28H,1,13H2. The molecule has 0 radical (unpaired) electrons. The van der Waals surface area contributed by atoms with Crippen LogP contribution < -0.4 is 4.74 Å². The first-order valence-corrected chi connectivity index (χ1v) is 8.99. The number of rotatable bonds is 7. The van der Waals surface area contributed by atoms with Gasteiger partial charge >= 0.3 is 12.1 Å². The fraction of sp³-hybridized carbons (Fsp3) is 0.136. The quantitative estimate of drug-likeness (QED) is 0.435. The summed E-state index contributed by atoms with van der Waals surface area (Å²) in [5, 5.41) is 10.1. The van der Waals surface area contributed by atoms with Crippen LogP contribution in [0.3, 0.4) is 0 Å². The maximum Gasteiger partial charge on any atom is 0.417 e. The first-order chi connectivity index (χ1) is 14.7. The zero-order chi connectivity index (χ0) is 22.4. The first-order valence-electron chi connectivity index (χ1n) is 8.99. The van der Waals surface area contributed by atoms with Crippen LogP contribution in [0.5, 0.6) is 11.6 Å². The van der Waals surface area contributed by atoms with Crippen LogP contribution in [-0.4, -0.2) is 21.0 Å². The Bertz CT molecular complexity index is 1040. The molecular weight excluding hydrogens is 413 g/mol. The van der Waals surface area contributed by atoms with Gasteiger partial charge in [-0.2, -0.15) is 13.2 Å². The Hall–Kier alpha value is -3.72. The van der Waals surface area contributed by atoms with Gasteiger partial charge in [0.15, 0.2) is 0 Å². The number of halogens is 3. The number of carbonyl (C=O) groups is 1. The van der Waals surface area contributed by atoms with Crippen molar-refractivity contribution >= 4 is 5.97 Å². The van der Waals surface area contributed by atoms with Crippen molar-refractivity contribution in [2.75, 3.05) is 0 Å². The van der Waals surface area contributed by atoms with Crippen molar-refractivity contribution in [1.29, 1.82) is 0 Å². The molecule has 31 heavy (non-hydrogen) atoms. The van der Waals surface area contributed by atoms with E-state index < -0.39 is 23.8 Å². The smallest absolute Gasteiger partial charge is 0.417 e. The molecule has 0 aliphatic heterocycles. The average molecular weight is 430 g/mol. The molecule has 0 aliphatic carbocycles. The average Bonchev–Trinajstić information content (AvgIpc) is 2.77. The van der Waals surface area contributed by atoms with Crippen molar-refractivity contribution in [2.45, 2.75) is 18.9 Å². The van der Waals surface area contributed by atoms with Crippen LogP contribution in [0.2, 0.25) is 0 Å². The van der Waals surface area contributed by atoms with Crippen LogP contribution >= 0.6 is 0 Å². The Labute approximate surface area is 175 Å². The van der Waals surface area contributed by atoms with E-state index in [1.54, 1.807) is 42.5 Å². The third-order valence-electron chi connectivity index (χ3n) is 4.14. The number of hydrogen-bond donors (Lipinski definition) is 1. The number of pyridine rings is 2. The van der Waals surface area contributed by atoms with Crippen molar-refractivity contribution in [1.82, 2.24) is 9.97 Å². The number of nitrogens with zero attached hydrogens (tertiary/aromatic N) is 2. The molecule has 1 aromatic carbocycles. The summed E-state index contributed by atoms with van der Waals surface area (Å²) in [4.78, 5) is 19.7. The molecule has 0 saturated carbocycles. The Morgan fingerprint density at radius 1 is 1.06 bits per heavy atom. The fourth-order valence-corrected chi connectivity index (χ4v) is 2.45. The van der Waals surface area contributed by atoms with Crippen molar-refractivity contribution in [2.24, 2.45) is 0 Å². The van der Waals surface area contributed by atoms with Crippen LogP contribution in [0.4, 0.5) is 13.2 Å². The molecule has 1 unspecified atom stereocenters. The Balaban J connectivity index is 1.53. The molecule has 9 heteroatoms. The highest BCUT2D eigenvalue weighted by atomic mass is 19.4. The molecule has 2 aromatic heterocycles. The van der Waals surface area contributed by atoms with E-state index in [1.807, 2.05) is 0 Å². The minimum absolute atomic E-state index is 0.00647. The highest BCUT2D eigenvalue weighted by Gasteiger charge is 2.30. The molecule has 0 fully saturated rings. The topological polar surface area (TPSA) is 81.5 Å². The van der Waals surface area contributed by atoms with Gasteiger partial charge in [0.1, 0.15) is 18.5 Å². The fourth-order valence-electron chi connectivity index (χ4n) is 2.45. The number of hydrogen-bond acceptors (Lipinski definition) is 6. The summed E-state index contributed by atoms with van der Waals surface area (Å²) >= 11 is 0. The van der Waals surface area contributed by atoms with Crippen LogP contribution in [0.15, 0.2) is 79.1 Å². The number of carbonyl (C=O) groups excluding carboxylic acids is 1. The number of ether oxygens (including phenoxy) is 2. The molecule has 2 heterocycles. The van der Waals surface area contributed by atoms with Gasteiger partial charge in [0.2, 0.25) is 5.88 Å². The van der Waals surface area contributed by atoms with Gasteiger partial charge in [0.25, 0.3) is 0 Å². The minimum atomic E-state index is -4.47. The van der Waals surface area contributed by atoms with Gasteiger partial charge < -0.3 is 14.6 Å². The molecule has 0 saturated heterocycles. The predicted molar refractivity (Wildman–Crippen MR) is 104 cm³/mol. The molecule has 1 atom stereocenters. The summed E-state index contributed by atoms with van der Waals surface area (Å²) in [7, 11) is 0. The highest BCUT2D eigenvalue weighted by molar-refractivity contribution is 5.89. The van der Waals surface area contributed by atoms with Gasteiger partial charge in [-0.3, -0.25) is 4.98 Å². The van der Waals surface area contributed by atoms with Gasteiger partial charge in [0, 0.05) is 18.5 Å². The van der Waals surface area contributed by atoms with Crippen LogP contribution in [0, 0.1) is 0 Å². The van der Waals surface area contributed by atoms with Gasteiger partial charge in [-0.1, -0.05) is 24.8 Å². The largest absolute Gasteiger partial charge is 0.457 e. The van der Waals surface area contributed by atoms with E-state index in [9.17, 15) is 23.1 Å². The second-order valence-corrected chi connectivity index (χ2v) is 6.39. The molecule has 0 amide bonds. The molecule has 160 valence electrons. The summed E-state index contributed by atoms with van der Waals surface area (Å²) in [6, 6.07) is 13.3. The van der Waals surface area contributed by atoms with Gasteiger partial charge in [-0.15, -0.1) is 0 Å². The molecule has 0 spiro atoms. The first kappa shape index (κ1) is 22.0. The Morgan fingerprint density at radius 3 is 2.39 bits per heavy atom. The Morgan fingerprint density at radius 2 is 1.81 bits per heavy atom. The number of aliphatic hydroxyl groups excluding tert-OH is 1. The van der Waals surface area contributed by atoms with Crippen LogP contribution in [-0.2, 0) is 22.3 Å². The maximum absolute atomic E-state index is 12.6. The molecule has 0 aliphatic rings. The SMILES string of the molecule is C=C(C(=O)OCc1ccc(Oc2ccc(C(F)(F)F)cn2)cc1)C(O)c1ccccn1. The second kappa shape index (κ2) is 9.40. The predicted octanol–water partition coefficient (Wildman–Crippen LogP) is 4.62. The van der Waals surface area contributed by atoms with Crippen molar-refractivity contribution in [3.8, 4) is 11.6 Å². The lowest BCUT2D eigenvalue weighted by Crippen LogP contribution is -2.14. The van der Waals surface area contributed by atoms with E-state index in [1.165, 1.54) is 6.20 Å². The number of esters is 1. The Kier molecular flexibility index (Phi) is 6.66. The summed E-state index contributed by atoms with van der Waals surface area (Å²) in [6.45, 7) is 3.49. The lowest BCUT2D eigenvalue weighted by atomic mass is 10.1. The van der Waals surface area contributed by atoms with E-state index in [0.29, 0.717) is 17.5 Å². The van der Waals surface area contributed by atoms with E-state index in [-0.39, 0.29) is 23.8 Å². The van der Waals surface area contributed by atoms with E-state index >= 15 is 0 Å². The monoisotopic (exact) mass is 430 g/mol. The molecule has 6 nitrogen and oxygen atoms in total. The van der Waals surface area contributed by atoms with Crippen molar-refractivity contribution in [3.63, 3.8) is 0 Å². The van der Waals surface area contributed by atoms with E-state index in [2.05, 4.69) is 16.5 Å². The molecular formula is C22H17F3N2O4. The summed E-state index contributed by atoms with van der Waals surface area (Å²) in [6.07, 6.45) is -3.57. The van der Waals surface area contributed by atoms with Gasteiger partial charge in [0.05, 0.1) is 16.8 Å². The highest BCUT2D eigenvalue weighted by Crippen LogP contribution is 2.30. The maximum atomic E-state index is 12.6. The number of benzene rings is 1. The molecule has 1 N–H and O–H groups in total. The number of aliphatic hydroxyl groups is 1. The van der Waals surface area contributed by atoms with Crippen molar-refractivity contribution < 1.29 is 32.5 Å². The number of aromatic nitrogens is 2. The van der Waals surface area contributed by atoms with Gasteiger partial charge in [-0.05, 0) is 35.9 Å². The number of alkyl halides is 3. The van der Waals surface area contributed by atoms with Crippen LogP contribution in [0.25, 0.3) is 0 Å². The lowest BCUT2D eigenvalue weighted by Gasteiger charge is -2.13. The van der Waals surface area contributed by atoms with E-state index in [0.717, 1.165) is 12.1 Å². The zero-order valence-electron chi connectivity index (χ0n) is 16.0. The van der Waals surface area contributed by atoms with E-state index in [4.69, 9.17) is 9.47 Å². The normalized spacial score (nSPS) is 12.1. The summed E-state index contributed by atoms with van der Waals surface area (Å²) in [5.41, 5.74) is -0.108.